The van der Waals surface area contributed by atoms with Gasteiger partial charge >= 0.3 is 0 Å². The average Bonchev–Trinajstić information content (AvgIpc) is 2.44. The second kappa shape index (κ2) is 6.50. The summed E-state index contributed by atoms with van der Waals surface area (Å²) in [5.41, 5.74) is 7.28. The van der Waals surface area contributed by atoms with E-state index < -0.39 is 0 Å². The van der Waals surface area contributed by atoms with Crippen LogP contribution in [0.5, 0.6) is 0 Å². The van der Waals surface area contributed by atoms with Crippen LogP contribution in [0.15, 0.2) is 30.9 Å². The second-order valence-electron chi connectivity index (χ2n) is 3.77. The minimum absolute atomic E-state index is 0.461. The molecule has 100 valence electrons. The first kappa shape index (κ1) is 13.0. The van der Waals surface area contributed by atoms with E-state index in [0.29, 0.717) is 30.5 Å². The number of hydrogen-bond donors (Lipinski definition) is 3. The van der Waals surface area contributed by atoms with Gasteiger partial charge in [0, 0.05) is 19.9 Å². The molecule has 0 aliphatic heterocycles. The van der Waals surface area contributed by atoms with Crippen molar-refractivity contribution in [3.8, 4) is 0 Å². The number of nitrogen functional groups attached to an aromatic ring is 1. The monoisotopic (exact) mass is 260 g/mol. The van der Waals surface area contributed by atoms with Gasteiger partial charge in [0.05, 0.1) is 18.5 Å². The molecule has 0 spiro atoms. The molecule has 7 heteroatoms. The molecule has 2 heterocycles. The van der Waals surface area contributed by atoms with Crippen molar-refractivity contribution in [3.05, 3.63) is 30.9 Å². The van der Waals surface area contributed by atoms with Crippen molar-refractivity contribution in [2.75, 3.05) is 36.6 Å². The molecule has 7 nitrogen and oxygen atoms in total. The molecule has 0 atom stereocenters. The van der Waals surface area contributed by atoms with E-state index in [0.717, 1.165) is 5.69 Å². The standard InChI is InChI=1S/C12H16N6O/c1-19-6-5-15-11-10(13)12(17-8-16-11)18-9-3-2-4-14-7-9/h2-4,7-8H,5-6,13H2,1H3,(H2,15,16,17,18). The Morgan fingerprint density at radius 2 is 2.16 bits per heavy atom. The normalized spacial score (nSPS) is 10.2. The number of rotatable bonds is 6. The number of hydrogen-bond acceptors (Lipinski definition) is 7. The Kier molecular flexibility index (Phi) is 4.46. The molecule has 2 aromatic rings. The average molecular weight is 260 g/mol. The van der Waals surface area contributed by atoms with E-state index in [4.69, 9.17) is 10.5 Å². The first-order chi connectivity index (χ1) is 9.31. The summed E-state index contributed by atoms with van der Waals surface area (Å²) in [6.45, 7) is 1.21. The van der Waals surface area contributed by atoms with Gasteiger partial charge in [0.1, 0.15) is 12.0 Å². The van der Waals surface area contributed by atoms with Crippen molar-refractivity contribution < 1.29 is 4.74 Å². The minimum Gasteiger partial charge on any atom is -0.393 e. The van der Waals surface area contributed by atoms with Crippen LogP contribution in [0.4, 0.5) is 23.0 Å². The molecule has 4 N–H and O–H groups in total. The highest BCUT2D eigenvalue weighted by molar-refractivity contribution is 5.77. The Hall–Kier alpha value is -2.41. The highest BCUT2D eigenvalue weighted by Gasteiger charge is 2.07. The zero-order valence-electron chi connectivity index (χ0n) is 10.6. The molecule has 0 saturated carbocycles. The number of nitrogens with one attached hydrogen (secondary N) is 2. The van der Waals surface area contributed by atoms with Crippen LogP contribution in [-0.2, 0) is 4.74 Å². The lowest BCUT2D eigenvalue weighted by Crippen LogP contribution is -2.12. The molecule has 0 aromatic carbocycles. The zero-order valence-corrected chi connectivity index (χ0v) is 10.6. The maximum atomic E-state index is 6.00. The van der Waals surface area contributed by atoms with E-state index in [1.165, 1.54) is 6.33 Å². The lowest BCUT2D eigenvalue weighted by Gasteiger charge is -2.11. The molecule has 0 amide bonds. The van der Waals surface area contributed by atoms with E-state index in [1.807, 2.05) is 12.1 Å². The van der Waals surface area contributed by atoms with E-state index in [9.17, 15) is 0 Å². The van der Waals surface area contributed by atoms with Crippen LogP contribution >= 0.6 is 0 Å². The molecule has 0 aliphatic carbocycles. The summed E-state index contributed by atoms with van der Waals surface area (Å²) in [4.78, 5) is 12.2. The van der Waals surface area contributed by atoms with Crippen molar-refractivity contribution in [1.82, 2.24) is 15.0 Å². The molecule has 0 fully saturated rings. The third kappa shape index (κ3) is 3.52. The maximum absolute atomic E-state index is 6.00. The van der Waals surface area contributed by atoms with Gasteiger partial charge in [-0.05, 0) is 12.1 Å². The Morgan fingerprint density at radius 1 is 1.32 bits per heavy atom. The third-order valence-electron chi connectivity index (χ3n) is 2.41. The van der Waals surface area contributed by atoms with E-state index in [1.54, 1.807) is 19.5 Å². The molecule has 0 unspecified atom stereocenters. The van der Waals surface area contributed by atoms with Crippen LogP contribution in [0.2, 0.25) is 0 Å². The van der Waals surface area contributed by atoms with E-state index in [2.05, 4.69) is 25.6 Å². The summed E-state index contributed by atoms with van der Waals surface area (Å²) in [7, 11) is 1.64. The van der Waals surface area contributed by atoms with Gasteiger partial charge in [-0.2, -0.15) is 0 Å². The molecule has 0 bridgehead atoms. The molecule has 0 saturated heterocycles. The molecule has 2 aromatic heterocycles. The highest BCUT2D eigenvalue weighted by Crippen LogP contribution is 2.24. The van der Waals surface area contributed by atoms with Crippen molar-refractivity contribution >= 4 is 23.0 Å². The summed E-state index contributed by atoms with van der Waals surface area (Å²) in [5.74, 6) is 1.13. The van der Waals surface area contributed by atoms with Crippen LogP contribution in [-0.4, -0.2) is 35.2 Å². The topological polar surface area (TPSA) is 98.0 Å². The smallest absolute Gasteiger partial charge is 0.159 e. The lowest BCUT2D eigenvalue weighted by molar-refractivity contribution is 0.210. The van der Waals surface area contributed by atoms with Crippen molar-refractivity contribution in [1.29, 1.82) is 0 Å². The van der Waals surface area contributed by atoms with Crippen molar-refractivity contribution in [2.24, 2.45) is 0 Å². The fraction of sp³-hybridized carbons (Fsp3) is 0.250. The van der Waals surface area contributed by atoms with Crippen LogP contribution in [0.3, 0.4) is 0 Å². The molecular weight excluding hydrogens is 244 g/mol. The van der Waals surface area contributed by atoms with Gasteiger partial charge in [-0.25, -0.2) is 9.97 Å². The van der Waals surface area contributed by atoms with Crippen LogP contribution < -0.4 is 16.4 Å². The first-order valence-electron chi connectivity index (χ1n) is 5.81. The summed E-state index contributed by atoms with van der Waals surface area (Å²) < 4.78 is 4.96. The predicted octanol–water partition coefficient (Wildman–Crippen LogP) is 1.26. The van der Waals surface area contributed by atoms with Crippen LogP contribution in [0, 0.1) is 0 Å². The summed E-state index contributed by atoms with van der Waals surface area (Å²) >= 11 is 0. The summed E-state index contributed by atoms with van der Waals surface area (Å²) in [6.07, 6.45) is 4.84. The quantitative estimate of drug-likeness (QED) is 0.672. The van der Waals surface area contributed by atoms with Crippen LogP contribution in [0.1, 0.15) is 0 Å². The Labute approximate surface area is 111 Å². The fourth-order valence-corrected chi connectivity index (χ4v) is 1.48. The number of aromatic nitrogens is 3. The SMILES string of the molecule is COCCNc1ncnc(Nc2cccnc2)c1N. The number of anilines is 4. The number of nitrogens with zero attached hydrogens (tertiary/aromatic N) is 3. The number of ether oxygens (including phenoxy) is 1. The van der Waals surface area contributed by atoms with Gasteiger partial charge < -0.3 is 21.1 Å². The molecule has 19 heavy (non-hydrogen) atoms. The molecule has 0 aliphatic rings. The largest absolute Gasteiger partial charge is 0.393 e. The number of nitrogens with two attached hydrogens (primary N) is 1. The number of pyridine rings is 1. The first-order valence-corrected chi connectivity index (χ1v) is 5.81. The summed E-state index contributed by atoms with van der Waals surface area (Å²) in [6, 6.07) is 3.71. The van der Waals surface area contributed by atoms with E-state index >= 15 is 0 Å². The minimum atomic E-state index is 0.461. The van der Waals surface area contributed by atoms with E-state index in [-0.39, 0.29) is 0 Å². The van der Waals surface area contributed by atoms with Gasteiger partial charge in [-0.3, -0.25) is 4.98 Å². The molecule has 2 rings (SSSR count). The van der Waals surface area contributed by atoms with Gasteiger partial charge in [0.2, 0.25) is 0 Å². The second-order valence-corrected chi connectivity index (χ2v) is 3.77. The molecule has 0 radical (unpaired) electrons. The Morgan fingerprint density at radius 3 is 2.89 bits per heavy atom. The van der Waals surface area contributed by atoms with Gasteiger partial charge in [0.15, 0.2) is 11.6 Å². The van der Waals surface area contributed by atoms with Gasteiger partial charge in [-0.1, -0.05) is 0 Å². The van der Waals surface area contributed by atoms with Crippen LogP contribution in [0.25, 0.3) is 0 Å². The van der Waals surface area contributed by atoms with Crippen molar-refractivity contribution in [3.63, 3.8) is 0 Å². The Bertz CT molecular complexity index is 519. The third-order valence-corrected chi connectivity index (χ3v) is 2.41. The fourth-order valence-electron chi connectivity index (χ4n) is 1.48. The zero-order chi connectivity index (χ0) is 13.5. The van der Waals surface area contributed by atoms with Crippen molar-refractivity contribution in [2.45, 2.75) is 0 Å². The Balaban J connectivity index is 2.11. The van der Waals surface area contributed by atoms with Gasteiger partial charge in [-0.15, -0.1) is 0 Å². The predicted molar refractivity (Wildman–Crippen MR) is 74.3 cm³/mol. The summed E-state index contributed by atoms with van der Waals surface area (Å²) in [5, 5.41) is 6.18. The van der Waals surface area contributed by atoms with Gasteiger partial charge in [0.25, 0.3) is 0 Å². The lowest BCUT2D eigenvalue weighted by atomic mass is 10.3. The molecular formula is C12H16N6O. The highest BCUT2D eigenvalue weighted by atomic mass is 16.5. The maximum Gasteiger partial charge on any atom is 0.159 e. The number of methoxy groups -OCH3 is 1.